The fourth-order valence-electron chi connectivity index (χ4n) is 2.06. The van der Waals surface area contributed by atoms with Gasteiger partial charge in [0.1, 0.15) is 0 Å². The average molecular weight is 229 g/mol. The molecule has 2 N–H and O–H groups in total. The first-order valence-electron chi connectivity index (χ1n) is 6.90. The Morgan fingerprint density at radius 3 is 1.94 bits per heavy atom. The molecule has 16 heavy (non-hydrogen) atoms. The Hall–Kier alpha value is -0.0800. The van der Waals surface area contributed by atoms with E-state index in [0.717, 1.165) is 6.42 Å². The summed E-state index contributed by atoms with van der Waals surface area (Å²) in [6.07, 6.45) is 12.0. The van der Waals surface area contributed by atoms with Crippen molar-refractivity contribution < 1.29 is 4.74 Å². The molecule has 0 heterocycles. The van der Waals surface area contributed by atoms with Gasteiger partial charge in [0.25, 0.3) is 0 Å². The Kier molecular flexibility index (Phi) is 10.0. The van der Waals surface area contributed by atoms with E-state index in [1.807, 2.05) is 0 Å². The number of ether oxygens (including phenoxy) is 1. The molecule has 0 aromatic carbocycles. The van der Waals surface area contributed by atoms with Gasteiger partial charge in [-0.15, -0.1) is 0 Å². The summed E-state index contributed by atoms with van der Waals surface area (Å²) in [5, 5.41) is 0. The highest BCUT2D eigenvalue weighted by molar-refractivity contribution is 4.77. The predicted molar refractivity (Wildman–Crippen MR) is 71.7 cm³/mol. The van der Waals surface area contributed by atoms with E-state index in [-0.39, 0.29) is 5.54 Å². The third-order valence-corrected chi connectivity index (χ3v) is 3.08. The van der Waals surface area contributed by atoms with Crippen LogP contribution in [0, 0.1) is 0 Å². The molecule has 1 atom stereocenters. The number of methoxy groups -OCH3 is 1. The predicted octanol–water partition coefficient (Wildman–Crippen LogP) is 3.88. The van der Waals surface area contributed by atoms with Crippen LogP contribution in [-0.4, -0.2) is 19.3 Å². The van der Waals surface area contributed by atoms with E-state index in [4.69, 9.17) is 10.5 Å². The fourth-order valence-corrected chi connectivity index (χ4v) is 2.06. The molecule has 0 aromatic heterocycles. The lowest BCUT2D eigenvalue weighted by atomic mass is 9.96. The third kappa shape index (κ3) is 10.4. The van der Waals surface area contributed by atoms with Gasteiger partial charge in [-0.1, -0.05) is 58.3 Å². The van der Waals surface area contributed by atoms with Gasteiger partial charge in [0.05, 0.1) is 6.61 Å². The first-order valence-corrected chi connectivity index (χ1v) is 6.90. The summed E-state index contributed by atoms with van der Waals surface area (Å²) in [4.78, 5) is 0. The third-order valence-electron chi connectivity index (χ3n) is 3.08. The minimum absolute atomic E-state index is 0.128. The molecular formula is C14H31NO. The quantitative estimate of drug-likeness (QED) is 0.546. The zero-order valence-electron chi connectivity index (χ0n) is 11.6. The molecule has 0 aromatic rings. The van der Waals surface area contributed by atoms with Crippen molar-refractivity contribution in [2.75, 3.05) is 13.7 Å². The van der Waals surface area contributed by atoms with Gasteiger partial charge in [0.2, 0.25) is 0 Å². The van der Waals surface area contributed by atoms with Crippen LogP contribution in [-0.2, 0) is 4.74 Å². The van der Waals surface area contributed by atoms with E-state index in [0.29, 0.717) is 6.61 Å². The van der Waals surface area contributed by atoms with E-state index in [1.165, 1.54) is 51.4 Å². The molecule has 0 radical (unpaired) electrons. The minimum atomic E-state index is -0.128. The van der Waals surface area contributed by atoms with Crippen LogP contribution in [0.2, 0.25) is 0 Å². The second-order valence-corrected chi connectivity index (χ2v) is 5.31. The van der Waals surface area contributed by atoms with Gasteiger partial charge in [0.15, 0.2) is 0 Å². The summed E-state index contributed by atoms with van der Waals surface area (Å²) in [5.41, 5.74) is 5.95. The molecule has 0 bridgehead atoms. The molecule has 98 valence electrons. The molecule has 0 fully saturated rings. The Morgan fingerprint density at radius 1 is 0.938 bits per heavy atom. The fraction of sp³-hybridized carbons (Fsp3) is 1.00. The molecule has 0 aliphatic carbocycles. The average Bonchev–Trinajstić information content (AvgIpc) is 2.22. The number of rotatable bonds is 11. The first-order chi connectivity index (χ1) is 7.62. The summed E-state index contributed by atoms with van der Waals surface area (Å²) >= 11 is 0. The second-order valence-electron chi connectivity index (χ2n) is 5.31. The van der Waals surface area contributed by atoms with Gasteiger partial charge in [-0.25, -0.2) is 0 Å². The van der Waals surface area contributed by atoms with Crippen LogP contribution in [0.15, 0.2) is 0 Å². The van der Waals surface area contributed by atoms with Crippen LogP contribution in [0.3, 0.4) is 0 Å². The van der Waals surface area contributed by atoms with Crippen LogP contribution in [0.25, 0.3) is 0 Å². The molecule has 2 nitrogen and oxygen atoms in total. The van der Waals surface area contributed by atoms with Crippen molar-refractivity contribution in [3.63, 3.8) is 0 Å². The molecule has 0 saturated heterocycles. The molecule has 0 spiro atoms. The molecule has 0 aliphatic heterocycles. The van der Waals surface area contributed by atoms with Crippen molar-refractivity contribution in [1.82, 2.24) is 0 Å². The van der Waals surface area contributed by atoms with E-state index >= 15 is 0 Å². The lowest BCUT2D eigenvalue weighted by molar-refractivity contribution is 0.134. The van der Waals surface area contributed by atoms with Crippen molar-refractivity contribution in [3.05, 3.63) is 0 Å². The van der Waals surface area contributed by atoms with Gasteiger partial charge in [-0.2, -0.15) is 0 Å². The molecule has 0 rings (SSSR count). The highest BCUT2D eigenvalue weighted by atomic mass is 16.5. The SMILES string of the molecule is CCCCCCCCCCC(C)(N)COC. The van der Waals surface area contributed by atoms with Gasteiger partial charge in [0, 0.05) is 12.6 Å². The molecule has 0 aliphatic rings. The van der Waals surface area contributed by atoms with E-state index in [2.05, 4.69) is 13.8 Å². The van der Waals surface area contributed by atoms with Crippen molar-refractivity contribution in [3.8, 4) is 0 Å². The minimum Gasteiger partial charge on any atom is -0.383 e. The van der Waals surface area contributed by atoms with Crippen molar-refractivity contribution in [2.24, 2.45) is 5.73 Å². The standard InChI is InChI=1S/C14H31NO/c1-4-5-6-7-8-9-10-11-12-14(2,15)13-16-3/h4-13,15H2,1-3H3. The number of hydrogen-bond acceptors (Lipinski definition) is 2. The highest BCUT2D eigenvalue weighted by Crippen LogP contribution is 2.14. The smallest absolute Gasteiger partial charge is 0.0639 e. The maximum Gasteiger partial charge on any atom is 0.0639 e. The summed E-state index contributed by atoms with van der Waals surface area (Å²) in [7, 11) is 1.72. The molecular weight excluding hydrogens is 198 g/mol. The monoisotopic (exact) mass is 229 g/mol. The normalized spacial score (nSPS) is 15.0. The van der Waals surface area contributed by atoms with Crippen LogP contribution in [0.5, 0.6) is 0 Å². The number of nitrogens with two attached hydrogens (primary N) is 1. The second kappa shape index (κ2) is 10.1. The van der Waals surface area contributed by atoms with Crippen LogP contribution in [0.1, 0.15) is 71.6 Å². The maximum absolute atomic E-state index is 6.08. The molecule has 0 saturated carbocycles. The largest absolute Gasteiger partial charge is 0.383 e. The summed E-state index contributed by atoms with van der Waals surface area (Å²) in [5.74, 6) is 0. The van der Waals surface area contributed by atoms with Gasteiger partial charge in [-0.05, 0) is 13.3 Å². The summed E-state index contributed by atoms with van der Waals surface area (Å²) in [6.45, 7) is 5.01. The van der Waals surface area contributed by atoms with Crippen molar-refractivity contribution >= 4 is 0 Å². The Balaban J connectivity index is 3.20. The zero-order chi connectivity index (χ0) is 12.3. The molecule has 2 heteroatoms. The molecule has 0 amide bonds. The van der Waals surface area contributed by atoms with Crippen LogP contribution < -0.4 is 5.73 Å². The van der Waals surface area contributed by atoms with Gasteiger partial charge in [-0.3, -0.25) is 0 Å². The maximum atomic E-state index is 6.08. The van der Waals surface area contributed by atoms with Gasteiger partial charge >= 0.3 is 0 Å². The lowest BCUT2D eigenvalue weighted by Gasteiger charge is -2.23. The van der Waals surface area contributed by atoms with Crippen molar-refractivity contribution in [1.29, 1.82) is 0 Å². The van der Waals surface area contributed by atoms with E-state index in [9.17, 15) is 0 Å². The Bertz CT molecular complexity index is 146. The summed E-state index contributed by atoms with van der Waals surface area (Å²) in [6, 6.07) is 0. The summed E-state index contributed by atoms with van der Waals surface area (Å²) < 4.78 is 5.10. The van der Waals surface area contributed by atoms with E-state index in [1.54, 1.807) is 7.11 Å². The molecule has 1 unspecified atom stereocenters. The van der Waals surface area contributed by atoms with Gasteiger partial charge < -0.3 is 10.5 Å². The topological polar surface area (TPSA) is 35.2 Å². The number of unbranched alkanes of at least 4 members (excludes halogenated alkanes) is 7. The first kappa shape index (κ1) is 15.9. The zero-order valence-corrected chi connectivity index (χ0v) is 11.6. The van der Waals surface area contributed by atoms with E-state index < -0.39 is 0 Å². The Labute approximate surface area is 102 Å². The Morgan fingerprint density at radius 2 is 1.44 bits per heavy atom. The number of hydrogen-bond donors (Lipinski definition) is 1. The van der Waals surface area contributed by atoms with Crippen molar-refractivity contribution in [2.45, 2.75) is 77.2 Å². The van der Waals surface area contributed by atoms with Crippen LogP contribution >= 0.6 is 0 Å². The lowest BCUT2D eigenvalue weighted by Crippen LogP contribution is -2.40. The highest BCUT2D eigenvalue weighted by Gasteiger charge is 2.16. The van der Waals surface area contributed by atoms with Crippen LogP contribution in [0.4, 0.5) is 0 Å².